The molecule has 1 rings (SSSR count). The summed E-state index contributed by atoms with van der Waals surface area (Å²) in [6, 6.07) is 3.52. The van der Waals surface area contributed by atoms with Gasteiger partial charge in [-0.2, -0.15) is 0 Å². The van der Waals surface area contributed by atoms with E-state index in [9.17, 15) is 5.11 Å². The van der Waals surface area contributed by atoms with E-state index in [1.54, 1.807) is 6.07 Å². The summed E-state index contributed by atoms with van der Waals surface area (Å²) in [7, 11) is 0. The number of phenols is 1. The molecule has 0 aliphatic carbocycles. The van der Waals surface area contributed by atoms with Crippen molar-refractivity contribution < 1.29 is 5.11 Å². The van der Waals surface area contributed by atoms with Gasteiger partial charge < -0.3 is 10.8 Å². The fourth-order valence-electron chi connectivity index (χ4n) is 0.680. The van der Waals surface area contributed by atoms with Crippen molar-refractivity contribution in [3.8, 4) is 5.75 Å². The van der Waals surface area contributed by atoms with Crippen LogP contribution in [0.25, 0.3) is 0 Å². The van der Waals surface area contributed by atoms with E-state index in [-0.39, 0.29) is 5.75 Å². The Labute approximate surface area is 67.8 Å². The average molecular weight is 202 g/mol. The monoisotopic (exact) mass is 201 g/mol. The fourth-order valence-corrected chi connectivity index (χ4v) is 1.04. The van der Waals surface area contributed by atoms with Gasteiger partial charge in [0.05, 0.1) is 10.2 Å². The van der Waals surface area contributed by atoms with Gasteiger partial charge in [-0.1, -0.05) is 6.07 Å². The minimum Gasteiger partial charge on any atom is -0.505 e. The second-order valence-corrected chi connectivity index (χ2v) is 2.93. The molecule has 3 heteroatoms. The van der Waals surface area contributed by atoms with Crippen LogP contribution in [0, 0.1) is 6.92 Å². The van der Waals surface area contributed by atoms with Crippen LogP contribution in [0.4, 0.5) is 5.69 Å². The zero-order valence-corrected chi connectivity index (χ0v) is 7.14. The number of phenolic OH excluding ortho intramolecular Hbond substituents is 1. The van der Waals surface area contributed by atoms with Crippen molar-refractivity contribution >= 4 is 21.6 Å². The quantitative estimate of drug-likeness (QED) is 0.499. The number of anilines is 1. The molecule has 0 amide bonds. The van der Waals surface area contributed by atoms with Crippen molar-refractivity contribution in [3.63, 3.8) is 0 Å². The number of aromatic hydroxyl groups is 1. The number of benzene rings is 1. The molecule has 54 valence electrons. The average Bonchev–Trinajstić information content (AvgIpc) is 1.93. The Kier molecular flexibility index (Phi) is 1.85. The minimum absolute atomic E-state index is 0.125. The minimum atomic E-state index is 0.125. The van der Waals surface area contributed by atoms with Gasteiger partial charge in [0, 0.05) is 0 Å². The standard InChI is InChI=1S/C7H8BrNO/c1-4-2-3-5(9)7(10)6(4)8/h2-3,10H,9H2,1H3. The molecule has 0 aliphatic rings. The Morgan fingerprint density at radius 1 is 1.50 bits per heavy atom. The number of nitrogen functional groups attached to an aromatic ring is 1. The molecule has 0 fully saturated rings. The molecule has 1 aromatic rings. The van der Waals surface area contributed by atoms with Crippen LogP contribution in [-0.4, -0.2) is 5.11 Å². The first-order chi connectivity index (χ1) is 4.63. The van der Waals surface area contributed by atoms with Crippen LogP contribution in [0.3, 0.4) is 0 Å². The van der Waals surface area contributed by atoms with E-state index in [2.05, 4.69) is 15.9 Å². The molecular weight excluding hydrogens is 194 g/mol. The lowest BCUT2D eigenvalue weighted by Crippen LogP contribution is -1.86. The summed E-state index contributed by atoms with van der Waals surface area (Å²) in [6.45, 7) is 1.89. The molecule has 0 unspecified atom stereocenters. The molecule has 0 bridgehead atoms. The van der Waals surface area contributed by atoms with Crippen molar-refractivity contribution in [1.82, 2.24) is 0 Å². The van der Waals surface area contributed by atoms with E-state index in [1.165, 1.54) is 0 Å². The summed E-state index contributed by atoms with van der Waals surface area (Å²) in [4.78, 5) is 0. The number of hydrogen-bond donors (Lipinski definition) is 2. The lowest BCUT2D eigenvalue weighted by Gasteiger charge is -2.02. The summed E-state index contributed by atoms with van der Waals surface area (Å²) >= 11 is 3.20. The summed E-state index contributed by atoms with van der Waals surface area (Å²) in [5.41, 5.74) is 6.79. The van der Waals surface area contributed by atoms with Crippen molar-refractivity contribution in [2.24, 2.45) is 0 Å². The van der Waals surface area contributed by atoms with Gasteiger partial charge in [0.25, 0.3) is 0 Å². The van der Waals surface area contributed by atoms with Crippen LogP contribution in [0.2, 0.25) is 0 Å². The second-order valence-electron chi connectivity index (χ2n) is 2.13. The van der Waals surface area contributed by atoms with Gasteiger partial charge in [-0.25, -0.2) is 0 Å². The number of aryl methyl sites for hydroxylation is 1. The van der Waals surface area contributed by atoms with Gasteiger partial charge in [0.2, 0.25) is 0 Å². The molecule has 1 aromatic carbocycles. The first kappa shape index (κ1) is 7.41. The summed E-state index contributed by atoms with van der Waals surface area (Å²) < 4.78 is 0.674. The first-order valence-corrected chi connectivity index (χ1v) is 3.65. The molecule has 0 saturated heterocycles. The molecule has 0 heterocycles. The van der Waals surface area contributed by atoms with Crippen molar-refractivity contribution in [1.29, 1.82) is 0 Å². The molecule has 3 N–H and O–H groups in total. The third-order valence-corrected chi connectivity index (χ3v) is 2.34. The molecule has 0 atom stereocenters. The zero-order valence-electron chi connectivity index (χ0n) is 5.56. The van der Waals surface area contributed by atoms with E-state index in [1.807, 2.05) is 13.0 Å². The number of halogens is 1. The molecule has 10 heavy (non-hydrogen) atoms. The number of hydrogen-bond acceptors (Lipinski definition) is 2. The van der Waals surface area contributed by atoms with Crippen LogP contribution in [-0.2, 0) is 0 Å². The van der Waals surface area contributed by atoms with Gasteiger partial charge in [-0.15, -0.1) is 0 Å². The predicted molar refractivity (Wildman–Crippen MR) is 45.0 cm³/mol. The highest BCUT2D eigenvalue weighted by atomic mass is 79.9. The third kappa shape index (κ3) is 1.09. The smallest absolute Gasteiger partial charge is 0.152 e. The Morgan fingerprint density at radius 2 is 2.10 bits per heavy atom. The lowest BCUT2D eigenvalue weighted by atomic mass is 10.2. The van der Waals surface area contributed by atoms with Gasteiger partial charge in [-0.05, 0) is 34.5 Å². The highest BCUT2D eigenvalue weighted by molar-refractivity contribution is 9.10. The molecule has 0 saturated carbocycles. The summed E-state index contributed by atoms with van der Waals surface area (Å²) in [6.07, 6.45) is 0. The molecule has 0 aliphatic heterocycles. The fraction of sp³-hybridized carbons (Fsp3) is 0.143. The zero-order chi connectivity index (χ0) is 7.72. The van der Waals surface area contributed by atoms with E-state index in [0.717, 1.165) is 5.56 Å². The van der Waals surface area contributed by atoms with Crippen LogP contribution in [0.15, 0.2) is 16.6 Å². The van der Waals surface area contributed by atoms with Crippen molar-refractivity contribution in [2.45, 2.75) is 6.92 Å². The Balaban J connectivity index is 3.34. The maximum Gasteiger partial charge on any atom is 0.152 e. The molecular formula is C7H8BrNO. The first-order valence-electron chi connectivity index (χ1n) is 2.86. The van der Waals surface area contributed by atoms with Gasteiger partial charge >= 0.3 is 0 Å². The summed E-state index contributed by atoms with van der Waals surface area (Å²) in [5, 5.41) is 9.22. The third-order valence-electron chi connectivity index (χ3n) is 1.34. The topological polar surface area (TPSA) is 46.2 Å². The Morgan fingerprint density at radius 3 is 2.60 bits per heavy atom. The molecule has 2 nitrogen and oxygen atoms in total. The van der Waals surface area contributed by atoms with Crippen LogP contribution < -0.4 is 5.73 Å². The lowest BCUT2D eigenvalue weighted by molar-refractivity contribution is 0.474. The normalized spacial score (nSPS) is 9.80. The Hall–Kier alpha value is -0.700. The Bertz CT molecular complexity index is 233. The number of nitrogens with two attached hydrogens (primary N) is 1. The van der Waals surface area contributed by atoms with E-state index in [4.69, 9.17) is 5.73 Å². The maximum absolute atomic E-state index is 9.22. The maximum atomic E-state index is 9.22. The van der Waals surface area contributed by atoms with E-state index >= 15 is 0 Å². The van der Waals surface area contributed by atoms with E-state index < -0.39 is 0 Å². The van der Waals surface area contributed by atoms with Crippen LogP contribution >= 0.6 is 15.9 Å². The second kappa shape index (κ2) is 2.50. The van der Waals surface area contributed by atoms with Gasteiger partial charge in [0.15, 0.2) is 5.75 Å². The van der Waals surface area contributed by atoms with Gasteiger partial charge in [0.1, 0.15) is 0 Å². The summed E-state index contributed by atoms with van der Waals surface area (Å²) in [5.74, 6) is 0.125. The highest BCUT2D eigenvalue weighted by Crippen LogP contribution is 2.32. The van der Waals surface area contributed by atoms with E-state index in [0.29, 0.717) is 10.2 Å². The molecule has 0 spiro atoms. The molecule has 0 radical (unpaired) electrons. The van der Waals surface area contributed by atoms with Gasteiger partial charge in [-0.3, -0.25) is 0 Å². The SMILES string of the molecule is Cc1ccc(N)c(O)c1Br. The predicted octanol–water partition coefficient (Wildman–Crippen LogP) is 2.05. The van der Waals surface area contributed by atoms with Crippen LogP contribution in [0.1, 0.15) is 5.56 Å². The number of rotatable bonds is 0. The molecule has 0 aromatic heterocycles. The van der Waals surface area contributed by atoms with Crippen molar-refractivity contribution in [2.75, 3.05) is 5.73 Å². The van der Waals surface area contributed by atoms with Crippen molar-refractivity contribution in [3.05, 3.63) is 22.2 Å². The highest BCUT2D eigenvalue weighted by Gasteiger charge is 2.03. The largest absolute Gasteiger partial charge is 0.505 e. The van der Waals surface area contributed by atoms with Crippen LogP contribution in [0.5, 0.6) is 5.75 Å².